The number of nitrogens with one attached hydrogen (secondary N) is 1. The maximum absolute atomic E-state index is 13.1. The molecule has 2 aliphatic carbocycles. The lowest BCUT2D eigenvalue weighted by Gasteiger charge is -2.42. The Labute approximate surface area is 165 Å². The first kappa shape index (κ1) is 20.1. The number of esters is 1. The van der Waals surface area contributed by atoms with Crippen LogP contribution in [0.4, 0.5) is 9.93 Å². The van der Waals surface area contributed by atoms with Crippen LogP contribution in [0.3, 0.4) is 0 Å². The lowest BCUT2D eigenvalue weighted by molar-refractivity contribution is -0.149. The maximum Gasteiger partial charge on any atom is 0.324 e. The summed E-state index contributed by atoms with van der Waals surface area (Å²) in [5, 5.41) is 3.68. The molecular weight excluding hydrogens is 362 g/mol. The molecule has 0 unspecified atom stereocenters. The minimum absolute atomic E-state index is 0.0147. The van der Waals surface area contributed by atoms with Crippen molar-refractivity contribution < 1.29 is 14.3 Å². The van der Waals surface area contributed by atoms with E-state index in [1.807, 2.05) is 13.8 Å². The Hall–Kier alpha value is -1.63. The zero-order chi connectivity index (χ0) is 19.2. The van der Waals surface area contributed by atoms with Gasteiger partial charge in [-0.15, -0.1) is 11.3 Å². The fourth-order valence-corrected chi connectivity index (χ4v) is 5.06. The summed E-state index contributed by atoms with van der Waals surface area (Å²) in [7, 11) is 0. The minimum Gasteiger partial charge on any atom is -0.466 e. The summed E-state index contributed by atoms with van der Waals surface area (Å²) in [6.07, 6.45) is 10.9. The number of carbonyl (C=O) groups is 2. The van der Waals surface area contributed by atoms with Crippen molar-refractivity contribution in [3.63, 3.8) is 0 Å². The van der Waals surface area contributed by atoms with E-state index in [0.29, 0.717) is 17.8 Å². The minimum atomic E-state index is -0.0807. The summed E-state index contributed by atoms with van der Waals surface area (Å²) in [6.45, 7) is 4.27. The number of rotatable bonds is 5. The molecule has 0 aliphatic heterocycles. The summed E-state index contributed by atoms with van der Waals surface area (Å²) in [5.74, 6) is -0.0954. The molecule has 1 heterocycles. The summed E-state index contributed by atoms with van der Waals surface area (Å²) in [4.78, 5) is 32.6. The molecular formula is C20H31N3O3S. The number of aromatic nitrogens is 1. The Kier molecular flexibility index (Phi) is 7.10. The van der Waals surface area contributed by atoms with Crippen LogP contribution in [0.25, 0.3) is 0 Å². The largest absolute Gasteiger partial charge is 0.466 e. The Morgan fingerprint density at radius 2 is 1.81 bits per heavy atom. The van der Waals surface area contributed by atoms with E-state index in [2.05, 4.69) is 15.2 Å². The third-order valence-corrected chi connectivity index (χ3v) is 6.58. The first-order valence-electron chi connectivity index (χ1n) is 10.3. The van der Waals surface area contributed by atoms with Gasteiger partial charge in [-0.25, -0.2) is 9.78 Å². The second-order valence-electron chi connectivity index (χ2n) is 7.66. The smallest absolute Gasteiger partial charge is 0.324 e. The summed E-state index contributed by atoms with van der Waals surface area (Å²) < 4.78 is 5.18. The summed E-state index contributed by atoms with van der Waals surface area (Å²) >= 11 is 1.51. The highest BCUT2D eigenvalue weighted by molar-refractivity contribution is 7.15. The van der Waals surface area contributed by atoms with Gasteiger partial charge in [0.15, 0.2) is 5.13 Å². The van der Waals surface area contributed by atoms with E-state index in [1.54, 1.807) is 6.20 Å². The van der Waals surface area contributed by atoms with E-state index >= 15 is 0 Å². The molecule has 27 heavy (non-hydrogen) atoms. The highest BCUT2D eigenvalue weighted by atomic mass is 32.1. The number of anilines is 1. The first-order valence-corrected chi connectivity index (χ1v) is 11.1. The SMILES string of the molecule is CCOC(=O)C1CCC(N(C(=O)Nc2ncc(C)s2)C2CCCCC2)CC1. The Bertz CT molecular complexity index is 634. The van der Waals surface area contributed by atoms with Crippen molar-refractivity contribution in [2.75, 3.05) is 11.9 Å². The standard InChI is InChI=1S/C20H31N3O3S/c1-3-26-18(24)15-9-11-17(12-10-15)23(16-7-5-4-6-8-16)20(25)22-19-21-13-14(2)27-19/h13,15-17H,3-12H2,1-2H3,(H,21,22,25). The molecule has 6 nitrogen and oxygen atoms in total. The second kappa shape index (κ2) is 9.53. The van der Waals surface area contributed by atoms with Gasteiger partial charge in [-0.05, 0) is 52.4 Å². The number of hydrogen-bond acceptors (Lipinski definition) is 5. The molecule has 0 spiro atoms. The van der Waals surface area contributed by atoms with Crippen molar-refractivity contribution in [1.29, 1.82) is 0 Å². The highest BCUT2D eigenvalue weighted by Gasteiger charge is 2.36. The third kappa shape index (κ3) is 5.21. The van der Waals surface area contributed by atoms with E-state index in [1.165, 1.54) is 30.6 Å². The van der Waals surface area contributed by atoms with Crippen LogP contribution in [0, 0.1) is 12.8 Å². The Morgan fingerprint density at radius 3 is 2.41 bits per heavy atom. The van der Waals surface area contributed by atoms with Gasteiger partial charge in [0.25, 0.3) is 0 Å². The van der Waals surface area contributed by atoms with Gasteiger partial charge in [-0.2, -0.15) is 0 Å². The first-order chi connectivity index (χ1) is 13.1. The lowest BCUT2D eigenvalue weighted by atomic mass is 9.83. The van der Waals surface area contributed by atoms with Gasteiger partial charge in [0.1, 0.15) is 0 Å². The van der Waals surface area contributed by atoms with Gasteiger partial charge >= 0.3 is 12.0 Å². The topological polar surface area (TPSA) is 71.5 Å². The molecule has 1 aromatic heterocycles. The van der Waals surface area contributed by atoms with Crippen LogP contribution in [-0.2, 0) is 9.53 Å². The number of amides is 2. The van der Waals surface area contributed by atoms with Crippen molar-refractivity contribution >= 4 is 28.5 Å². The van der Waals surface area contributed by atoms with E-state index in [-0.39, 0.29) is 24.0 Å². The van der Waals surface area contributed by atoms with E-state index in [4.69, 9.17) is 4.74 Å². The molecule has 0 bridgehead atoms. The van der Waals surface area contributed by atoms with Crippen LogP contribution in [0.1, 0.15) is 69.6 Å². The average Bonchev–Trinajstić information content (AvgIpc) is 3.08. The average molecular weight is 394 g/mol. The summed E-state index contributed by atoms with van der Waals surface area (Å²) in [5.41, 5.74) is 0. The molecule has 2 aliphatic rings. The maximum atomic E-state index is 13.1. The number of hydrogen-bond donors (Lipinski definition) is 1. The number of thiazole rings is 1. The normalized spacial score (nSPS) is 23.6. The molecule has 2 amide bonds. The van der Waals surface area contributed by atoms with Gasteiger partial charge in [0.05, 0.1) is 12.5 Å². The Balaban J connectivity index is 1.66. The Morgan fingerprint density at radius 1 is 1.15 bits per heavy atom. The van der Waals surface area contributed by atoms with Gasteiger partial charge in [-0.1, -0.05) is 19.3 Å². The van der Waals surface area contributed by atoms with Gasteiger partial charge < -0.3 is 9.64 Å². The quantitative estimate of drug-likeness (QED) is 0.734. The third-order valence-electron chi connectivity index (χ3n) is 5.75. The summed E-state index contributed by atoms with van der Waals surface area (Å²) in [6, 6.07) is 0.458. The molecule has 0 aromatic carbocycles. The molecule has 2 fully saturated rings. The molecule has 1 N–H and O–H groups in total. The van der Waals surface area contributed by atoms with Crippen LogP contribution in [0.5, 0.6) is 0 Å². The van der Waals surface area contributed by atoms with E-state index in [0.717, 1.165) is 43.4 Å². The monoisotopic (exact) mass is 393 g/mol. The molecule has 0 atom stereocenters. The molecule has 150 valence electrons. The van der Waals surface area contributed by atoms with Crippen molar-refractivity contribution in [1.82, 2.24) is 9.88 Å². The number of aryl methyl sites for hydroxylation is 1. The molecule has 2 saturated carbocycles. The zero-order valence-corrected chi connectivity index (χ0v) is 17.2. The fraction of sp³-hybridized carbons (Fsp3) is 0.750. The van der Waals surface area contributed by atoms with E-state index in [9.17, 15) is 9.59 Å². The molecule has 0 saturated heterocycles. The molecule has 0 radical (unpaired) electrons. The molecule has 1 aromatic rings. The second-order valence-corrected chi connectivity index (χ2v) is 8.90. The van der Waals surface area contributed by atoms with E-state index < -0.39 is 0 Å². The van der Waals surface area contributed by atoms with Crippen LogP contribution in [0.2, 0.25) is 0 Å². The van der Waals surface area contributed by atoms with Crippen molar-refractivity contribution in [3.8, 4) is 0 Å². The number of carbonyl (C=O) groups excluding carboxylic acids is 2. The van der Waals surface area contributed by atoms with Crippen molar-refractivity contribution in [2.45, 2.75) is 83.7 Å². The zero-order valence-electron chi connectivity index (χ0n) is 16.4. The number of ether oxygens (including phenoxy) is 1. The van der Waals surface area contributed by atoms with Gasteiger partial charge in [0, 0.05) is 23.2 Å². The fourth-order valence-electron chi connectivity index (χ4n) is 4.41. The van der Waals surface area contributed by atoms with Crippen molar-refractivity contribution in [3.05, 3.63) is 11.1 Å². The predicted molar refractivity (Wildman–Crippen MR) is 107 cm³/mol. The van der Waals surface area contributed by atoms with Crippen molar-refractivity contribution in [2.24, 2.45) is 5.92 Å². The lowest BCUT2D eigenvalue weighted by Crippen LogP contribution is -2.51. The van der Waals surface area contributed by atoms with Crippen LogP contribution < -0.4 is 5.32 Å². The highest BCUT2D eigenvalue weighted by Crippen LogP contribution is 2.33. The predicted octanol–water partition coefficient (Wildman–Crippen LogP) is 4.74. The van der Waals surface area contributed by atoms with Crippen LogP contribution >= 0.6 is 11.3 Å². The number of urea groups is 1. The van der Waals surface area contributed by atoms with Gasteiger partial charge in [0.2, 0.25) is 0 Å². The molecule has 3 rings (SSSR count). The number of nitrogens with zero attached hydrogens (tertiary/aromatic N) is 2. The van der Waals surface area contributed by atoms with Gasteiger partial charge in [-0.3, -0.25) is 10.1 Å². The molecule has 7 heteroatoms. The van der Waals surface area contributed by atoms with Crippen LogP contribution in [0.15, 0.2) is 6.20 Å². The van der Waals surface area contributed by atoms with Crippen LogP contribution in [-0.4, -0.2) is 40.6 Å².